The number of fused-ring (bicyclic) bond motifs is 1. The lowest BCUT2D eigenvalue weighted by atomic mass is 10.1. The standard InChI is InChI=1S/C21H21N3O2S/c1-13-8-9-19(15(3)10-13)24-20(17-11-27(26)12-18(17)23-24)22-21(25)16-7-5-4-6-14(16)2/h4-10H,11-12H2,1-3H3,(H,22,25). The number of anilines is 1. The van der Waals surface area contributed by atoms with E-state index >= 15 is 0 Å². The minimum atomic E-state index is -0.963. The van der Waals surface area contributed by atoms with Crippen LogP contribution in [0, 0.1) is 20.8 Å². The molecule has 1 aliphatic rings. The largest absolute Gasteiger partial charge is 0.306 e. The Balaban J connectivity index is 1.80. The SMILES string of the molecule is Cc1ccc(-n2nc3c(c2NC(=O)c2ccccc2C)CS(=O)C3)c(C)c1. The average molecular weight is 379 g/mol. The fourth-order valence-electron chi connectivity index (χ4n) is 3.48. The summed E-state index contributed by atoms with van der Waals surface area (Å²) in [5.74, 6) is 1.29. The summed E-state index contributed by atoms with van der Waals surface area (Å²) in [5, 5.41) is 7.72. The number of nitrogens with zero attached hydrogens (tertiary/aromatic N) is 2. The van der Waals surface area contributed by atoms with Crippen LogP contribution in [0.4, 0.5) is 5.82 Å². The van der Waals surface area contributed by atoms with E-state index in [4.69, 9.17) is 0 Å². The van der Waals surface area contributed by atoms with Crippen molar-refractivity contribution in [1.82, 2.24) is 9.78 Å². The van der Waals surface area contributed by atoms with E-state index in [1.54, 1.807) is 10.7 Å². The third kappa shape index (κ3) is 3.21. The first-order valence-electron chi connectivity index (χ1n) is 8.84. The fraction of sp³-hybridized carbons (Fsp3) is 0.238. The maximum absolute atomic E-state index is 12.9. The van der Waals surface area contributed by atoms with Crippen molar-refractivity contribution >= 4 is 22.5 Å². The van der Waals surface area contributed by atoms with Gasteiger partial charge in [0.1, 0.15) is 5.82 Å². The molecular formula is C21H21N3O2S. The monoisotopic (exact) mass is 379 g/mol. The molecule has 2 aromatic carbocycles. The number of hydrogen-bond donors (Lipinski definition) is 1. The number of aryl methyl sites for hydroxylation is 3. The first-order chi connectivity index (χ1) is 12.9. The van der Waals surface area contributed by atoms with Crippen LogP contribution in [0.3, 0.4) is 0 Å². The van der Waals surface area contributed by atoms with E-state index in [1.807, 2.05) is 51.1 Å². The Bertz CT molecular complexity index is 1090. The molecule has 0 saturated heterocycles. The molecule has 1 amide bonds. The van der Waals surface area contributed by atoms with Gasteiger partial charge in [-0.1, -0.05) is 35.9 Å². The van der Waals surface area contributed by atoms with Crippen LogP contribution in [-0.4, -0.2) is 19.9 Å². The summed E-state index contributed by atoms with van der Waals surface area (Å²) in [5.41, 5.74) is 6.36. The summed E-state index contributed by atoms with van der Waals surface area (Å²) >= 11 is 0. The Labute approximate surface area is 160 Å². The van der Waals surface area contributed by atoms with E-state index in [9.17, 15) is 9.00 Å². The maximum Gasteiger partial charge on any atom is 0.257 e. The molecule has 6 heteroatoms. The summed E-state index contributed by atoms with van der Waals surface area (Å²) in [4.78, 5) is 12.9. The molecule has 0 fully saturated rings. The van der Waals surface area contributed by atoms with E-state index in [0.717, 1.165) is 28.1 Å². The Hall–Kier alpha value is -2.73. The van der Waals surface area contributed by atoms with Crippen molar-refractivity contribution in [1.29, 1.82) is 0 Å². The lowest BCUT2D eigenvalue weighted by Gasteiger charge is -2.14. The molecule has 2 heterocycles. The number of carbonyl (C=O) groups is 1. The molecule has 1 unspecified atom stereocenters. The zero-order valence-corrected chi connectivity index (χ0v) is 16.4. The van der Waals surface area contributed by atoms with E-state index < -0.39 is 10.8 Å². The minimum absolute atomic E-state index is 0.181. The van der Waals surface area contributed by atoms with Crippen LogP contribution in [0.15, 0.2) is 42.5 Å². The predicted octanol–water partition coefficient (Wildman–Crippen LogP) is 3.81. The molecule has 27 heavy (non-hydrogen) atoms. The molecular weight excluding hydrogens is 358 g/mol. The quantitative estimate of drug-likeness (QED) is 0.753. The Morgan fingerprint density at radius 1 is 1.07 bits per heavy atom. The van der Waals surface area contributed by atoms with Gasteiger partial charge >= 0.3 is 0 Å². The average Bonchev–Trinajstić information content (AvgIpc) is 3.12. The van der Waals surface area contributed by atoms with Crippen molar-refractivity contribution in [2.75, 3.05) is 5.32 Å². The molecule has 0 spiro atoms. The summed E-state index contributed by atoms with van der Waals surface area (Å²) in [6.45, 7) is 5.99. The topological polar surface area (TPSA) is 64.0 Å². The highest BCUT2D eigenvalue weighted by molar-refractivity contribution is 7.83. The maximum atomic E-state index is 12.9. The van der Waals surface area contributed by atoms with Crippen LogP contribution in [-0.2, 0) is 22.3 Å². The summed E-state index contributed by atoms with van der Waals surface area (Å²) in [6, 6.07) is 13.6. The zero-order chi connectivity index (χ0) is 19.1. The third-order valence-electron chi connectivity index (χ3n) is 4.87. The van der Waals surface area contributed by atoms with Gasteiger partial charge in [-0.05, 0) is 44.0 Å². The number of nitrogens with one attached hydrogen (secondary N) is 1. The van der Waals surface area contributed by atoms with Gasteiger partial charge in [0.15, 0.2) is 0 Å². The Morgan fingerprint density at radius 3 is 2.59 bits per heavy atom. The minimum Gasteiger partial charge on any atom is -0.306 e. The van der Waals surface area contributed by atoms with Crippen LogP contribution >= 0.6 is 0 Å². The van der Waals surface area contributed by atoms with E-state index in [2.05, 4.69) is 16.5 Å². The molecule has 1 aromatic heterocycles. The highest BCUT2D eigenvalue weighted by atomic mass is 32.2. The molecule has 1 N–H and O–H groups in total. The number of carbonyl (C=O) groups excluding carboxylic acids is 1. The molecule has 138 valence electrons. The lowest BCUT2D eigenvalue weighted by Crippen LogP contribution is -2.17. The highest BCUT2D eigenvalue weighted by Crippen LogP contribution is 2.32. The molecule has 0 aliphatic carbocycles. The molecule has 1 aliphatic heterocycles. The summed E-state index contributed by atoms with van der Waals surface area (Å²) in [7, 11) is -0.963. The summed E-state index contributed by atoms with van der Waals surface area (Å²) in [6.07, 6.45) is 0. The molecule has 4 rings (SSSR count). The molecule has 5 nitrogen and oxygen atoms in total. The number of aromatic nitrogens is 2. The van der Waals surface area contributed by atoms with Crippen LogP contribution in [0.2, 0.25) is 0 Å². The van der Waals surface area contributed by atoms with Crippen molar-refractivity contribution in [3.63, 3.8) is 0 Å². The number of rotatable bonds is 3. The lowest BCUT2D eigenvalue weighted by molar-refractivity contribution is 0.102. The van der Waals surface area contributed by atoms with Crippen LogP contribution in [0.1, 0.15) is 38.3 Å². The van der Waals surface area contributed by atoms with E-state index in [0.29, 0.717) is 22.9 Å². The van der Waals surface area contributed by atoms with Gasteiger partial charge in [-0.15, -0.1) is 0 Å². The van der Waals surface area contributed by atoms with Gasteiger partial charge in [0.25, 0.3) is 5.91 Å². The zero-order valence-electron chi connectivity index (χ0n) is 15.6. The highest BCUT2D eigenvalue weighted by Gasteiger charge is 2.29. The van der Waals surface area contributed by atoms with Gasteiger partial charge in [0.05, 0.1) is 22.9 Å². The van der Waals surface area contributed by atoms with Gasteiger partial charge < -0.3 is 5.32 Å². The van der Waals surface area contributed by atoms with Gasteiger partial charge in [-0.2, -0.15) is 5.10 Å². The van der Waals surface area contributed by atoms with Gasteiger partial charge in [0.2, 0.25) is 0 Å². The van der Waals surface area contributed by atoms with E-state index in [-0.39, 0.29) is 5.91 Å². The number of amides is 1. The van der Waals surface area contributed by atoms with E-state index in [1.165, 1.54) is 5.56 Å². The van der Waals surface area contributed by atoms with Crippen LogP contribution in [0.5, 0.6) is 0 Å². The van der Waals surface area contributed by atoms with Crippen molar-refractivity contribution < 1.29 is 9.00 Å². The second-order valence-electron chi connectivity index (χ2n) is 6.97. The summed E-state index contributed by atoms with van der Waals surface area (Å²) < 4.78 is 13.8. The second kappa shape index (κ2) is 6.78. The predicted molar refractivity (Wildman–Crippen MR) is 108 cm³/mol. The molecule has 1 atom stereocenters. The molecule has 3 aromatic rings. The smallest absolute Gasteiger partial charge is 0.257 e. The molecule has 0 saturated carbocycles. The Kier molecular flexibility index (Phi) is 4.44. The van der Waals surface area contributed by atoms with Gasteiger partial charge in [-0.25, -0.2) is 4.68 Å². The second-order valence-corrected chi connectivity index (χ2v) is 8.43. The van der Waals surface area contributed by atoms with Crippen molar-refractivity contribution in [2.45, 2.75) is 32.3 Å². The third-order valence-corrected chi connectivity index (χ3v) is 6.08. The van der Waals surface area contributed by atoms with Crippen molar-refractivity contribution in [2.24, 2.45) is 0 Å². The van der Waals surface area contributed by atoms with Crippen molar-refractivity contribution in [3.8, 4) is 5.69 Å². The number of hydrogen-bond acceptors (Lipinski definition) is 3. The normalized spacial score (nSPS) is 15.6. The fourth-order valence-corrected chi connectivity index (χ4v) is 4.74. The van der Waals surface area contributed by atoms with Crippen LogP contribution in [0.25, 0.3) is 5.69 Å². The van der Waals surface area contributed by atoms with Crippen LogP contribution < -0.4 is 5.32 Å². The first kappa shape index (κ1) is 17.7. The molecule has 0 radical (unpaired) electrons. The van der Waals surface area contributed by atoms with Crippen molar-refractivity contribution in [3.05, 3.63) is 76.0 Å². The molecule has 0 bridgehead atoms. The first-order valence-corrected chi connectivity index (χ1v) is 10.3. The number of benzene rings is 2. The van der Waals surface area contributed by atoms with Gasteiger partial charge in [0, 0.05) is 21.9 Å². The van der Waals surface area contributed by atoms with Gasteiger partial charge in [-0.3, -0.25) is 9.00 Å². The Morgan fingerprint density at radius 2 is 1.85 bits per heavy atom.